The van der Waals surface area contributed by atoms with Gasteiger partial charge in [-0.2, -0.15) is 0 Å². The minimum Gasteiger partial charge on any atom is -0.469 e. The zero-order valence-corrected chi connectivity index (χ0v) is 10.2. The summed E-state index contributed by atoms with van der Waals surface area (Å²) < 4.78 is 42.4. The van der Waals surface area contributed by atoms with E-state index in [0.29, 0.717) is 0 Å². The summed E-state index contributed by atoms with van der Waals surface area (Å²) in [6, 6.07) is 2.72. The average Bonchev–Trinajstić information content (AvgIpc) is 2.30. The van der Waals surface area contributed by atoms with Crippen LogP contribution < -0.4 is 0 Å². The molecule has 0 N–H and O–H groups in total. The van der Waals surface area contributed by atoms with Gasteiger partial charge < -0.3 is 4.74 Å². The molecule has 2 atom stereocenters. The number of carbonyl (C=O) groups excluding carboxylic acids is 1. The van der Waals surface area contributed by atoms with E-state index < -0.39 is 34.3 Å². The van der Waals surface area contributed by atoms with Gasteiger partial charge in [-0.25, -0.2) is 8.78 Å². The molecule has 0 aromatic heterocycles. The Bertz CT molecular complexity index is 448. The van der Waals surface area contributed by atoms with Gasteiger partial charge >= 0.3 is 5.97 Å². The van der Waals surface area contributed by atoms with Gasteiger partial charge in [-0.05, 0) is 18.2 Å². The first-order valence-corrected chi connectivity index (χ1v) is 6.19. The lowest BCUT2D eigenvalue weighted by Gasteiger charge is -2.09. The molecule has 94 valence electrons. The number of hydrogen-bond acceptors (Lipinski definition) is 3. The second kappa shape index (κ2) is 5.86. The van der Waals surface area contributed by atoms with E-state index in [-0.39, 0.29) is 10.6 Å². The first kappa shape index (κ1) is 13.8. The summed E-state index contributed by atoms with van der Waals surface area (Å²) in [6.45, 7) is 1.51. The summed E-state index contributed by atoms with van der Waals surface area (Å²) in [6.07, 6.45) is 0. The van der Waals surface area contributed by atoms with Crippen molar-refractivity contribution in [1.29, 1.82) is 0 Å². The van der Waals surface area contributed by atoms with Gasteiger partial charge in [0.1, 0.15) is 11.6 Å². The Kier molecular flexibility index (Phi) is 4.74. The lowest BCUT2D eigenvalue weighted by molar-refractivity contribution is -0.144. The van der Waals surface area contributed by atoms with Gasteiger partial charge in [-0.1, -0.05) is 6.92 Å². The fourth-order valence-corrected chi connectivity index (χ4v) is 2.54. The molecule has 1 aromatic carbocycles. The summed E-state index contributed by atoms with van der Waals surface area (Å²) >= 11 is 0. The number of carbonyl (C=O) groups is 1. The number of benzene rings is 1. The molecule has 2 unspecified atom stereocenters. The Morgan fingerprint density at radius 3 is 2.71 bits per heavy atom. The first-order valence-electron chi connectivity index (χ1n) is 4.87. The molecule has 0 fully saturated rings. The Hall–Kier alpha value is -1.30. The largest absolute Gasteiger partial charge is 0.469 e. The average molecular weight is 262 g/mol. The molecule has 0 spiro atoms. The maximum Gasteiger partial charge on any atom is 0.309 e. The van der Waals surface area contributed by atoms with E-state index in [9.17, 15) is 17.8 Å². The van der Waals surface area contributed by atoms with Gasteiger partial charge in [-0.15, -0.1) is 0 Å². The topological polar surface area (TPSA) is 43.4 Å². The molecule has 0 aliphatic carbocycles. The van der Waals surface area contributed by atoms with Gasteiger partial charge in [0.05, 0.1) is 28.7 Å². The summed E-state index contributed by atoms with van der Waals surface area (Å²) in [4.78, 5) is 10.9. The van der Waals surface area contributed by atoms with Crippen LogP contribution in [-0.2, 0) is 20.3 Å². The number of esters is 1. The Morgan fingerprint density at radius 2 is 2.12 bits per heavy atom. The van der Waals surface area contributed by atoms with E-state index in [1.54, 1.807) is 0 Å². The summed E-state index contributed by atoms with van der Waals surface area (Å²) in [5.41, 5.74) is 0. The summed E-state index contributed by atoms with van der Waals surface area (Å²) in [5, 5.41) is 0. The molecule has 17 heavy (non-hydrogen) atoms. The molecule has 0 saturated heterocycles. The summed E-state index contributed by atoms with van der Waals surface area (Å²) in [7, 11) is -0.561. The third-order valence-corrected chi connectivity index (χ3v) is 3.75. The highest BCUT2D eigenvalue weighted by Gasteiger charge is 2.19. The van der Waals surface area contributed by atoms with E-state index in [2.05, 4.69) is 4.74 Å². The molecule has 6 heteroatoms. The third-order valence-electron chi connectivity index (χ3n) is 2.14. The van der Waals surface area contributed by atoms with Crippen LogP contribution >= 0.6 is 0 Å². The fraction of sp³-hybridized carbons (Fsp3) is 0.364. The minimum absolute atomic E-state index is 0.104. The van der Waals surface area contributed by atoms with Gasteiger partial charge in [-0.3, -0.25) is 9.00 Å². The van der Waals surface area contributed by atoms with Gasteiger partial charge in [0.2, 0.25) is 0 Å². The molecule has 0 heterocycles. The van der Waals surface area contributed by atoms with Crippen molar-refractivity contribution in [3.8, 4) is 0 Å². The van der Waals surface area contributed by atoms with E-state index >= 15 is 0 Å². The van der Waals surface area contributed by atoms with Crippen molar-refractivity contribution < 1.29 is 22.5 Å². The lowest BCUT2D eigenvalue weighted by atomic mass is 10.2. The normalized spacial score (nSPS) is 14.1. The van der Waals surface area contributed by atoms with Crippen molar-refractivity contribution >= 4 is 16.8 Å². The maximum absolute atomic E-state index is 13.3. The van der Waals surface area contributed by atoms with Crippen molar-refractivity contribution in [1.82, 2.24) is 0 Å². The molecule has 0 amide bonds. The Balaban J connectivity index is 2.83. The van der Waals surface area contributed by atoms with Crippen LogP contribution in [0.2, 0.25) is 0 Å². The van der Waals surface area contributed by atoms with Gasteiger partial charge in [0.15, 0.2) is 0 Å². The minimum atomic E-state index is -1.77. The van der Waals surface area contributed by atoms with E-state index in [0.717, 1.165) is 18.2 Å². The Labute approximate surface area is 100 Å². The van der Waals surface area contributed by atoms with Crippen molar-refractivity contribution in [2.45, 2.75) is 11.8 Å². The zero-order valence-electron chi connectivity index (χ0n) is 9.41. The third kappa shape index (κ3) is 3.59. The van der Waals surface area contributed by atoms with Crippen LogP contribution in [0.1, 0.15) is 6.92 Å². The highest BCUT2D eigenvalue weighted by atomic mass is 32.2. The van der Waals surface area contributed by atoms with Crippen LogP contribution in [0.15, 0.2) is 23.1 Å². The molecule has 0 aliphatic heterocycles. The SMILES string of the molecule is COC(=O)C(C)CS(=O)c1cc(F)ccc1F. The monoisotopic (exact) mass is 262 g/mol. The smallest absolute Gasteiger partial charge is 0.309 e. The second-order valence-corrected chi connectivity index (χ2v) is 4.98. The van der Waals surface area contributed by atoms with E-state index in [1.165, 1.54) is 14.0 Å². The quantitative estimate of drug-likeness (QED) is 0.778. The number of ether oxygens (including phenoxy) is 1. The van der Waals surface area contributed by atoms with E-state index in [1.807, 2.05) is 0 Å². The molecule has 3 nitrogen and oxygen atoms in total. The maximum atomic E-state index is 13.3. The van der Waals surface area contributed by atoms with Crippen molar-refractivity contribution in [2.75, 3.05) is 12.9 Å². The number of rotatable bonds is 4. The Morgan fingerprint density at radius 1 is 1.47 bits per heavy atom. The second-order valence-electron chi connectivity index (χ2n) is 3.51. The fourth-order valence-electron chi connectivity index (χ4n) is 1.24. The first-order chi connectivity index (χ1) is 7.95. The molecule has 1 aromatic rings. The van der Waals surface area contributed by atoms with Crippen LogP contribution in [0, 0.1) is 17.6 Å². The van der Waals surface area contributed by atoms with Gasteiger partial charge in [0, 0.05) is 5.75 Å². The highest BCUT2D eigenvalue weighted by Crippen LogP contribution is 2.16. The van der Waals surface area contributed by atoms with Crippen LogP contribution in [0.25, 0.3) is 0 Å². The molecule has 0 bridgehead atoms. The van der Waals surface area contributed by atoms with Crippen LogP contribution in [0.5, 0.6) is 0 Å². The zero-order chi connectivity index (χ0) is 13.0. The molecule has 0 saturated carbocycles. The predicted octanol–water partition coefficient (Wildman–Crippen LogP) is 1.88. The molecule has 1 rings (SSSR count). The standard InChI is InChI=1S/C11H12F2O3S/c1-7(11(14)16-2)6-17(15)10-5-8(12)3-4-9(10)13/h3-5,7H,6H2,1-2H3. The van der Waals surface area contributed by atoms with E-state index in [4.69, 9.17) is 0 Å². The van der Waals surface area contributed by atoms with Crippen molar-refractivity contribution in [3.05, 3.63) is 29.8 Å². The number of halogens is 2. The van der Waals surface area contributed by atoms with Crippen molar-refractivity contribution in [2.24, 2.45) is 5.92 Å². The highest BCUT2D eigenvalue weighted by molar-refractivity contribution is 7.85. The lowest BCUT2D eigenvalue weighted by Crippen LogP contribution is -2.20. The van der Waals surface area contributed by atoms with Crippen LogP contribution in [0.3, 0.4) is 0 Å². The van der Waals surface area contributed by atoms with Crippen LogP contribution in [0.4, 0.5) is 8.78 Å². The molecule has 0 aliphatic rings. The molecular weight excluding hydrogens is 250 g/mol. The molecular formula is C11H12F2O3S. The number of hydrogen-bond donors (Lipinski definition) is 0. The molecule has 0 radical (unpaired) electrons. The number of methoxy groups -OCH3 is 1. The van der Waals surface area contributed by atoms with Crippen LogP contribution in [-0.4, -0.2) is 23.0 Å². The van der Waals surface area contributed by atoms with Crippen molar-refractivity contribution in [3.63, 3.8) is 0 Å². The predicted molar refractivity (Wildman–Crippen MR) is 58.8 cm³/mol. The summed E-state index contributed by atoms with van der Waals surface area (Å²) in [5.74, 6) is -2.69. The van der Waals surface area contributed by atoms with Gasteiger partial charge in [0.25, 0.3) is 0 Å².